The van der Waals surface area contributed by atoms with Gasteiger partial charge in [-0.2, -0.15) is 0 Å². The van der Waals surface area contributed by atoms with Gasteiger partial charge in [0.15, 0.2) is 0 Å². The number of carboxylic acids is 1. The van der Waals surface area contributed by atoms with Crippen LogP contribution in [0, 0.1) is 0 Å². The van der Waals surface area contributed by atoms with E-state index in [1.165, 1.54) is 0 Å². The van der Waals surface area contributed by atoms with Crippen LogP contribution in [0.2, 0.25) is 0 Å². The maximum Gasteiger partial charge on any atom is 0.305 e. The number of nitrogens with zero attached hydrogens (tertiary/aromatic N) is 1. The number of aliphatic carboxylic acids is 1. The zero-order valence-corrected chi connectivity index (χ0v) is 8.63. The van der Waals surface area contributed by atoms with Crippen molar-refractivity contribution in [1.29, 1.82) is 0 Å². The Bertz CT molecular complexity index is 520. The normalized spacial score (nSPS) is 12.6. The molecule has 0 spiro atoms. The number of pyridine rings is 1. The van der Waals surface area contributed by atoms with Gasteiger partial charge >= 0.3 is 5.97 Å². The first-order valence-electron chi connectivity index (χ1n) is 4.99. The molecular weight excluding hydrogens is 204 g/mol. The molecule has 0 fully saturated rings. The maximum atomic E-state index is 10.6. The number of nitrogens with two attached hydrogens (primary N) is 1. The molecule has 82 valence electrons. The summed E-state index contributed by atoms with van der Waals surface area (Å²) in [6, 6.07) is 8.84. The minimum absolute atomic E-state index is 0.0754. The Morgan fingerprint density at radius 1 is 1.38 bits per heavy atom. The second kappa shape index (κ2) is 4.28. The highest BCUT2D eigenvalue weighted by Crippen LogP contribution is 2.22. The Morgan fingerprint density at radius 3 is 2.88 bits per heavy atom. The predicted octanol–water partition coefficient (Wildman–Crippen LogP) is 1.71. The van der Waals surface area contributed by atoms with Crippen molar-refractivity contribution in [3.05, 3.63) is 42.1 Å². The molecule has 2 aromatic rings. The number of rotatable bonds is 3. The zero-order valence-electron chi connectivity index (χ0n) is 8.63. The van der Waals surface area contributed by atoms with E-state index in [-0.39, 0.29) is 6.42 Å². The van der Waals surface area contributed by atoms with Crippen molar-refractivity contribution in [3.63, 3.8) is 0 Å². The van der Waals surface area contributed by atoms with Crippen LogP contribution in [0.25, 0.3) is 10.9 Å². The third kappa shape index (κ3) is 2.01. The van der Waals surface area contributed by atoms with Crippen LogP contribution in [0.1, 0.15) is 18.0 Å². The molecule has 4 nitrogen and oxygen atoms in total. The SMILES string of the molecule is N[C@H](CC(=O)O)c1ccnc2ccccc12. The van der Waals surface area contributed by atoms with E-state index >= 15 is 0 Å². The number of benzene rings is 1. The van der Waals surface area contributed by atoms with Crippen LogP contribution in [0.4, 0.5) is 0 Å². The number of para-hydroxylation sites is 1. The van der Waals surface area contributed by atoms with Crippen molar-refractivity contribution in [2.45, 2.75) is 12.5 Å². The summed E-state index contributed by atoms with van der Waals surface area (Å²) in [6.45, 7) is 0. The zero-order chi connectivity index (χ0) is 11.5. The van der Waals surface area contributed by atoms with E-state index in [0.29, 0.717) is 0 Å². The van der Waals surface area contributed by atoms with Gasteiger partial charge in [-0.15, -0.1) is 0 Å². The topological polar surface area (TPSA) is 76.2 Å². The quantitative estimate of drug-likeness (QED) is 0.818. The monoisotopic (exact) mass is 216 g/mol. The average molecular weight is 216 g/mol. The smallest absolute Gasteiger partial charge is 0.305 e. The lowest BCUT2D eigenvalue weighted by Gasteiger charge is -2.11. The van der Waals surface area contributed by atoms with Crippen LogP contribution in [-0.2, 0) is 4.79 Å². The standard InChI is InChI=1S/C12H12N2O2/c13-10(7-12(15)16)8-5-6-14-11-4-2-1-3-9(8)11/h1-6,10H,7,13H2,(H,15,16)/t10-/m1/s1. The summed E-state index contributed by atoms with van der Waals surface area (Å²) in [5, 5.41) is 9.64. The van der Waals surface area contributed by atoms with Gasteiger partial charge in [0.25, 0.3) is 0 Å². The van der Waals surface area contributed by atoms with Crippen LogP contribution in [0.5, 0.6) is 0 Å². The number of carboxylic acid groups (broad SMARTS) is 1. The van der Waals surface area contributed by atoms with Crippen LogP contribution >= 0.6 is 0 Å². The number of fused-ring (bicyclic) bond motifs is 1. The molecule has 16 heavy (non-hydrogen) atoms. The summed E-state index contributed by atoms with van der Waals surface area (Å²) in [6.07, 6.45) is 1.58. The molecule has 2 rings (SSSR count). The van der Waals surface area contributed by atoms with Crippen LogP contribution < -0.4 is 5.73 Å². The van der Waals surface area contributed by atoms with Gasteiger partial charge in [-0.25, -0.2) is 0 Å². The molecule has 0 aliphatic heterocycles. The van der Waals surface area contributed by atoms with Crippen molar-refractivity contribution in [2.75, 3.05) is 0 Å². The summed E-state index contributed by atoms with van der Waals surface area (Å²) in [5.41, 5.74) is 7.51. The van der Waals surface area contributed by atoms with Gasteiger partial charge in [0.05, 0.1) is 11.9 Å². The molecule has 0 radical (unpaired) electrons. The van der Waals surface area contributed by atoms with E-state index in [2.05, 4.69) is 4.98 Å². The average Bonchev–Trinajstić information content (AvgIpc) is 2.27. The molecule has 1 heterocycles. The van der Waals surface area contributed by atoms with E-state index in [4.69, 9.17) is 10.8 Å². The highest BCUT2D eigenvalue weighted by atomic mass is 16.4. The van der Waals surface area contributed by atoms with Crippen molar-refractivity contribution in [1.82, 2.24) is 4.98 Å². The first-order valence-corrected chi connectivity index (χ1v) is 4.99. The Balaban J connectivity index is 2.47. The van der Waals surface area contributed by atoms with Gasteiger partial charge in [0.2, 0.25) is 0 Å². The molecule has 1 aromatic heterocycles. The Hall–Kier alpha value is -1.94. The van der Waals surface area contributed by atoms with Crippen LogP contribution in [0.3, 0.4) is 0 Å². The van der Waals surface area contributed by atoms with E-state index in [0.717, 1.165) is 16.5 Å². The van der Waals surface area contributed by atoms with Crippen molar-refractivity contribution < 1.29 is 9.90 Å². The van der Waals surface area contributed by atoms with Gasteiger partial charge in [0.1, 0.15) is 0 Å². The fourth-order valence-corrected chi connectivity index (χ4v) is 1.74. The summed E-state index contributed by atoms with van der Waals surface area (Å²) < 4.78 is 0. The molecule has 1 atom stereocenters. The molecule has 1 aromatic carbocycles. The maximum absolute atomic E-state index is 10.6. The van der Waals surface area contributed by atoms with Crippen molar-refractivity contribution in [2.24, 2.45) is 5.73 Å². The lowest BCUT2D eigenvalue weighted by molar-refractivity contribution is -0.137. The van der Waals surface area contributed by atoms with E-state index in [9.17, 15) is 4.79 Å². The lowest BCUT2D eigenvalue weighted by Crippen LogP contribution is -2.15. The molecule has 0 amide bonds. The molecule has 0 saturated carbocycles. The predicted molar refractivity (Wildman–Crippen MR) is 60.9 cm³/mol. The Morgan fingerprint density at radius 2 is 2.12 bits per heavy atom. The Labute approximate surface area is 92.7 Å². The summed E-state index contributed by atoms with van der Waals surface area (Å²) in [7, 11) is 0. The fourth-order valence-electron chi connectivity index (χ4n) is 1.74. The molecule has 0 aliphatic carbocycles. The second-order valence-corrected chi connectivity index (χ2v) is 3.62. The van der Waals surface area contributed by atoms with E-state index < -0.39 is 12.0 Å². The van der Waals surface area contributed by atoms with Gasteiger partial charge < -0.3 is 10.8 Å². The fraction of sp³-hybridized carbons (Fsp3) is 0.167. The van der Waals surface area contributed by atoms with Crippen LogP contribution in [-0.4, -0.2) is 16.1 Å². The third-order valence-electron chi connectivity index (χ3n) is 2.48. The van der Waals surface area contributed by atoms with Crippen molar-refractivity contribution in [3.8, 4) is 0 Å². The molecular formula is C12H12N2O2. The molecule has 0 unspecified atom stereocenters. The minimum atomic E-state index is -0.895. The number of carbonyl (C=O) groups is 1. The highest BCUT2D eigenvalue weighted by Gasteiger charge is 2.13. The lowest BCUT2D eigenvalue weighted by atomic mass is 10.0. The second-order valence-electron chi connectivity index (χ2n) is 3.62. The summed E-state index contributed by atoms with van der Waals surface area (Å²) in [4.78, 5) is 14.8. The molecule has 0 bridgehead atoms. The molecule has 3 N–H and O–H groups in total. The van der Waals surface area contributed by atoms with Crippen LogP contribution in [0.15, 0.2) is 36.5 Å². The molecule has 0 aliphatic rings. The molecule has 0 saturated heterocycles. The van der Waals surface area contributed by atoms with Gasteiger partial charge in [-0.05, 0) is 17.7 Å². The van der Waals surface area contributed by atoms with E-state index in [1.807, 2.05) is 24.3 Å². The minimum Gasteiger partial charge on any atom is -0.481 e. The van der Waals surface area contributed by atoms with Gasteiger partial charge in [-0.3, -0.25) is 9.78 Å². The summed E-state index contributed by atoms with van der Waals surface area (Å²) >= 11 is 0. The first kappa shape index (κ1) is 10.6. The third-order valence-corrected chi connectivity index (χ3v) is 2.48. The Kier molecular flexibility index (Phi) is 2.83. The molecule has 4 heteroatoms. The largest absolute Gasteiger partial charge is 0.481 e. The van der Waals surface area contributed by atoms with Crippen molar-refractivity contribution >= 4 is 16.9 Å². The number of hydrogen-bond donors (Lipinski definition) is 2. The highest BCUT2D eigenvalue weighted by molar-refractivity contribution is 5.83. The number of aromatic nitrogens is 1. The summed E-state index contributed by atoms with van der Waals surface area (Å²) in [5.74, 6) is -0.895. The van der Waals surface area contributed by atoms with Gasteiger partial charge in [-0.1, -0.05) is 18.2 Å². The number of hydrogen-bond acceptors (Lipinski definition) is 3. The van der Waals surface area contributed by atoms with Gasteiger partial charge in [0, 0.05) is 17.6 Å². The van der Waals surface area contributed by atoms with E-state index in [1.54, 1.807) is 12.3 Å². The first-order chi connectivity index (χ1) is 7.68.